The number of nitrogens with one attached hydrogen (secondary N) is 1. The van der Waals surface area contributed by atoms with Crippen molar-refractivity contribution in [2.45, 2.75) is 25.2 Å². The summed E-state index contributed by atoms with van der Waals surface area (Å²) in [5, 5.41) is 11.8. The van der Waals surface area contributed by atoms with E-state index < -0.39 is 18.1 Å². The molecular weight excluding hydrogens is 294 g/mol. The molecule has 0 aromatic heterocycles. The van der Waals surface area contributed by atoms with Crippen LogP contribution in [0.5, 0.6) is 0 Å². The highest BCUT2D eigenvalue weighted by molar-refractivity contribution is 5.67. The molecule has 120 valence electrons. The second-order valence-electron chi connectivity index (χ2n) is 5.11. The molecule has 2 atom stereocenters. The number of hydrogen-bond donors (Lipinski definition) is 2. The number of carbonyl (C=O) groups is 2. The number of benzene rings is 2. The van der Waals surface area contributed by atoms with Gasteiger partial charge in [0.1, 0.15) is 0 Å². The van der Waals surface area contributed by atoms with E-state index in [1.165, 1.54) is 0 Å². The van der Waals surface area contributed by atoms with E-state index in [1.807, 2.05) is 60.7 Å². The SMILES string of the molecule is O=CNC(c1ccccc1)C(CC(=O)O)OCc1ccccc1. The van der Waals surface area contributed by atoms with Crippen molar-refractivity contribution in [2.75, 3.05) is 0 Å². The Morgan fingerprint density at radius 3 is 2.26 bits per heavy atom. The number of carboxylic acid groups (broad SMARTS) is 1. The van der Waals surface area contributed by atoms with E-state index >= 15 is 0 Å². The molecule has 0 bridgehead atoms. The first kappa shape index (κ1) is 16.7. The van der Waals surface area contributed by atoms with Crippen LogP contribution in [0.4, 0.5) is 0 Å². The maximum atomic E-state index is 11.2. The second kappa shape index (κ2) is 8.70. The van der Waals surface area contributed by atoms with E-state index in [9.17, 15) is 9.59 Å². The molecule has 2 N–H and O–H groups in total. The Kier molecular flexibility index (Phi) is 6.32. The number of rotatable bonds is 9. The van der Waals surface area contributed by atoms with E-state index in [2.05, 4.69) is 5.32 Å². The fourth-order valence-corrected chi connectivity index (χ4v) is 2.37. The smallest absolute Gasteiger partial charge is 0.306 e. The minimum atomic E-state index is -0.975. The number of amides is 1. The quantitative estimate of drug-likeness (QED) is 0.698. The molecule has 0 fully saturated rings. The van der Waals surface area contributed by atoms with Crippen LogP contribution in [-0.4, -0.2) is 23.6 Å². The van der Waals surface area contributed by atoms with Gasteiger partial charge < -0.3 is 15.2 Å². The molecule has 2 aromatic carbocycles. The van der Waals surface area contributed by atoms with Crippen molar-refractivity contribution in [1.29, 1.82) is 0 Å². The van der Waals surface area contributed by atoms with Gasteiger partial charge in [0.15, 0.2) is 0 Å². The van der Waals surface area contributed by atoms with Gasteiger partial charge in [-0.1, -0.05) is 60.7 Å². The average molecular weight is 313 g/mol. The molecule has 2 rings (SSSR count). The summed E-state index contributed by atoms with van der Waals surface area (Å²) in [5.74, 6) is -0.975. The molecule has 0 aliphatic rings. The summed E-state index contributed by atoms with van der Waals surface area (Å²) in [6, 6.07) is 18.2. The fourth-order valence-electron chi connectivity index (χ4n) is 2.37. The summed E-state index contributed by atoms with van der Waals surface area (Å²) in [6.45, 7) is 0.280. The molecular formula is C18H19NO4. The maximum Gasteiger partial charge on any atom is 0.306 e. The Bertz CT molecular complexity index is 615. The Morgan fingerprint density at radius 1 is 1.09 bits per heavy atom. The van der Waals surface area contributed by atoms with Crippen LogP contribution in [0, 0.1) is 0 Å². The zero-order valence-electron chi connectivity index (χ0n) is 12.6. The number of ether oxygens (including phenoxy) is 1. The van der Waals surface area contributed by atoms with Crippen LogP contribution in [0.3, 0.4) is 0 Å². The normalized spacial score (nSPS) is 13.0. The van der Waals surface area contributed by atoms with Crippen LogP contribution >= 0.6 is 0 Å². The number of carbonyl (C=O) groups excluding carboxylic acids is 1. The highest BCUT2D eigenvalue weighted by Crippen LogP contribution is 2.22. The molecule has 5 heteroatoms. The van der Waals surface area contributed by atoms with E-state index in [-0.39, 0.29) is 13.0 Å². The van der Waals surface area contributed by atoms with E-state index in [0.717, 1.165) is 11.1 Å². The number of aliphatic carboxylic acids is 1. The third-order valence-electron chi connectivity index (χ3n) is 3.46. The predicted octanol–water partition coefficient (Wildman–Crippen LogP) is 2.53. The third kappa shape index (κ3) is 5.23. The zero-order valence-corrected chi connectivity index (χ0v) is 12.6. The minimum absolute atomic E-state index is 0.201. The van der Waals surface area contributed by atoms with E-state index in [0.29, 0.717) is 6.41 Å². The van der Waals surface area contributed by atoms with Crippen LogP contribution in [0.15, 0.2) is 60.7 Å². The predicted molar refractivity (Wildman–Crippen MR) is 85.7 cm³/mol. The highest BCUT2D eigenvalue weighted by atomic mass is 16.5. The molecule has 0 spiro atoms. The van der Waals surface area contributed by atoms with Gasteiger partial charge in [-0.15, -0.1) is 0 Å². The zero-order chi connectivity index (χ0) is 16.5. The Morgan fingerprint density at radius 2 is 1.70 bits per heavy atom. The van der Waals surface area contributed by atoms with Crippen molar-refractivity contribution in [3.63, 3.8) is 0 Å². The fraction of sp³-hybridized carbons (Fsp3) is 0.222. The Labute approximate surface area is 134 Å². The lowest BCUT2D eigenvalue weighted by Gasteiger charge is -2.26. The summed E-state index contributed by atoms with van der Waals surface area (Å²) in [6.07, 6.45) is -0.300. The molecule has 0 aliphatic carbocycles. The molecule has 5 nitrogen and oxygen atoms in total. The van der Waals surface area contributed by atoms with Gasteiger partial charge in [-0.2, -0.15) is 0 Å². The first-order valence-electron chi connectivity index (χ1n) is 7.32. The molecule has 23 heavy (non-hydrogen) atoms. The van der Waals surface area contributed by atoms with Crippen molar-refractivity contribution in [1.82, 2.24) is 5.32 Å². The van der Waals surface area contributed by atoms with Crippen molar-refractivity contribution in [3.8, 4) is 0 Å². The monoisotopic (exact) mass is 313 g/mol. The lowest BCUT2D eigenvalue weighted by Crippen LogP contribution is -2.34. The van der Waals surface area contributed by atoms with Gasteiger partial charge in [-0.25, -0.2) is 0 Å². The van der Waals surface area contributed by atoms with Gasteiger partial charge in [0.2, 0.25) is 6.41 Å². The van der Waals surface area contributed by atoms with Crippen molar-refractivity contribution in [2.24, 2.45) is 0 Å². The Balaban J connectivity index is 2.16. The molecule has 2 aromatic rings. The van der Waals surface area contributed by atoms with Crippen LogP contribution in [0.2, 0.25) is 0 Å². The van der Waals surface area contributed by atoms with Gasteiger partial charge >= 0.3 is 5.97 Å². The van der Waals surface area contributed by atoms with E-state index in [1.54, 1.807) is 0 Å². The highest BCUT2D eigenvalue weighted by Gasteiger charge is 2.26. The van der Waals surface area contributed by atoms with Crippen molar-refractivity contribution in [3.05, 3.63) is 71.8 Å². The molecule has 0 heterocycles. The third-order valence-corrected chi connectivity index (χ3v) is 3.46. The maximum absolute atomic E-state index is 11.2. The average Bonchev–Trinajstić information content (AvgIpc) is 2.58. The summed E-state index contributed by atoms with van der Waals surface area (Å²) < 4.78 is 5.81. The van der Waals surface area contributed by atoms with Gasteiger partial charge in [-0.3, -0.25) is 9.59 Å². The first-order valence-corrected chi connectivity index (χ1v) is 7.32. The summed E-state index contributed by atoms with van der Waals surface area (Å²) in [4.78, 5) is 22.1. The molecule has 0 radical (unpaired) electrons. The summed E-state index contributed by atoms with van der Waals surface area (Å²) >= 11 is 0. The lowest BCUT2D eigenvalue weighted by atomic mass is 9.99. The van der Waals surface area contributed by atoms with Crippen molar-refractivity contribution >= 4 is 12.4 Å². The molecule has 0 saturated carbocycles. The number of carboxylic acids is 1. The molecule has 1 amide bonds. The summed E-state index contributed by atoms with van der Waals surface area (Å²) in [7, 11) is 0. The van der Waals surface area contributed by atoms with Crippen LogP contribution in [-0.2, 0) is 20.9 Å². The lowest BCUT2D eigenvalue weighted by molar-refractivity contribution is -0.141. The van der Waals surface area contributed by atoms with Crippen molar-refractivity contribution < 1.29 is 19.4 Å². The van der Waals surface area contributed by atoms with Crippen LogP contribution < -0.4 is 5.32 Å². The second-order valence-corrected chi connectivity index (χ2v) is 5.11. The largest absolute Gasteiger partial charge is 0.481 e. The standard InChI is InChI=1S/C18H19NO4/c20-13-19-18(15-9-5-2-6-10-15)16(11-17(21)22)23-12-14-7-3-1-4-8-14/h1-10,13,16,18H,11-12H2,(H,19,20)(H,21,22). The van der Waals surface area contributed by atoms with Gasteiger partial charge in [0, 0.05) is 0 Å². The van der Waals surface area contributed by atoms with Gasteiger partial charge in [-0.05, 0) is 11.1 Å². The molecule has 0 aliphatic heterocycles. The molecule has 0 saturated heterocycles. The first-order chi connectivity index (χ1) is 11.2. The van der Waals surface area contributed by atoms with Gasteiger partial charge in [0.25, 0.3) is 0 Å². The topological polar surface area (TPSA) is 75.6 Å². The van der Waals surface area contributed by atoms with Gasteiger partial charge in [0.05, 0.1) is 25.2 Å². The van der Waals surface area contributed by atoms with Crippen LogP contribution in [0.25, 0.3) is 0 Å². The Hall–Kier alpha value is -2.66. The van der Waals surface area contributed by atoms with E-state index in [4.69, 9.17) is 9.84 Å². The summed E-state index contributed by atoms with van der Waals surface area (Å²) in [5.41, 5.74) is 1.75. The minimum Gasteiger partial charge on any atom is -0.481 e. The van der Waals surface area contributed by atoms with Crippen LogP contribution in [0.1, 0.15) is 23.6 Å². The molecule has 2 unspecified atom stereocenters. The number of hydrogen-bond acceptors (Lipinski definition) is 3.